The van der Waals surface area contributed by atoms with Crippen molar-refractivity contribution in [3.63, 3.8) is 0 Å². The van der Waals surface area contributed by atoms with Crippen LogP contribution in [0.25, 0.3) is 0 Å². The summed E-state index contributed by atoms with van der Waals surface area (Å²) in [6.45, 7) is 1.36. The maximum atomic E-state index is 12.9. The lowest BCUT2D eigenvalue weighted by Gasteiger charge is -2.30. The average Bonchev–Trinajstić information content (AvgIpc) is 2.67. The molecule has 25 heavy (non-hydrogen) atoms. The van der Waals surface area contributed by atoms with Gasteiger partial charge in [0.2, 0.25) is 6.10 Å². The fourth-order valence-electron chi connectivity index (χ4n) is 2.89. The molecule has 3 rings (SSSR count). The highest BCUT2D eigenvalue weighted by Crippen LogP contribution is 2.23. The minimum atomic E-state index is -0.980. The van der Waals surface area contributed by atoms with Gasteiger partial charge in [-0.05, 0) is 19.3 Å². The summed E-state index contributed by atoms with van der Waals surface area (Å²) < 4.78 is 6.12. The molecule has 1 atom stereocenters. The molecule has 0 spiro atoms. The number of amides is 1. The average molecular weight is 340 g/mol. The van der Waals surface area contributed by atoms with Crippen LogP contribution in [0.2, 0.25) is 0 Å². The number of carbonyl (C=O) groups is 2. The van der Waals surface area contributed by atoms with Crippen molar-refractivity contribution in [1.29, 1.82) is 0 Å². The van der Waals surface area contributed by atoms with Crippen LogP contribution in [0.1, 0.15) is 41.3 Å². The lowest BCUT2D eigenvalue weighted by molar-refractivity contribution is -0.605. The lowest BCUT2D eigenvalue weighted by atomic mass is 10.1. The van der Waals surface area contributed by atoms with Crippen LogP contribution < -0.4 is 4.73 Å². The number of esters is 1. The van der Waals surface area contributed by atoms with Crippen molar-refractivity contribution in [3.05, 3.63) is 71.2 Å². The molecule has 0 unspecified atom stereocenters. The minimum Gasteiger partial charge on any atom is -0.619 e. The van der Waals surface area contributed by atoms with Crippen molar-refractivity contribution >= 4 is 11.9 Å². The maximum absolute atomic E-state index is 12.9. The molecular weight excluding hydrogens is 320 g/mol. The van der Waals surface area contributed by atoms with E-state index >= 15 is 0 Å². The Balaban J connectivity index is 1.82. The zero-order valence-corrected chi connectivity index (χ0v) is 13.8. The third-order valence-corrected chi connectivity index (χ3v) is 4.26. The van der Waals surface area contributed by atoms with Crippen LogP contribution in [0.4, 0.5) is 0 Å². The Kier molecular flexibility index (Phi) is 5.28. The van der Waals surface area contributed by atoms with Crippen molar-refractivity contribution in [2.75, 3.05) is 13.1 Å². The van der Waals surface area contributed by atoms with E-state index in [2.05, 4.69) is 0 Å². The second-order valence-corrected chi connectivity index (χ2v) is 6.03. The van der Waals surface area contributed by atoms with Crippen molar-refractivity contribution < 1.29 is 19.1 Å². The van der Waals surface area contributed by atoms with E-state index in [-0.39, 0.29) is 11.5 Å². The molecule has 2 heterocycles. The summed E-state index contributed by atoms with van der Waals surface area (Å²) in [6, 6.07) is 11.8. The summed E-state index contributed by atoms with van der Waals surface area (Å²) in [5.41, 5.74) is 0.876. The van der Waals surface area contributed by atoms with E-state index < -0.39 is 12.1 Å². The van der Waals surface area contributed by atoms with Crippen LogP contribution >= 0.6 is 0 Å². The lowest BCUT2D eigenvalue weighted by Crippen LogP contribution is -2.40. The molecule has 0 bridgehead atoms. The van der Waals surface area contributed by atoms with E-state index in [0.717, 1.165) is 19.3 Å². The van der Waals surface area contributed by atoms with Gasteiger partial charge in [-0.3, -0.25) is 4.79 Å². The largest absolute Gasteiger partial charge is 0.619 e. The molecule has 130 valence electrons. The van der Waals surface area contributed by atoms with Gasteiger partial charge in [0.1, 0.15) is 0 Å². The minimum absolute atomic E-state index is 0.200. The molecule has 6 heteroatoms. The summed E-state index contributed by atoms with van der Waals surface area (Å²) in [7, 11) is 0. The van der Waals surface area contributed by atoms with Crippen molar-refractivity contribution in [1.82, 2.24) is 4.90 Å². The molecule has 1 fully saturated rings. The molecular formula is C19H20N2O4. The van der Waals surface area contributed by atoms with Crippen LogP contribution in [0.5, 0.6) is 0 Å². The molecule has 1 aliphatic heterocycles. The highest BCUT2D eigenvalue weighted by molar-refractivity contribution is 5.92. The predicted molar refractivity (Wildman–Crippen MR) is 90.4 cm³/mol. The van der Waals surface area contributed by atoms with Gasteiger partial charge in [-0.1, -0.05) is 30.3 Å². The quantitative estimate of drug-likeness (QED) is 0.486. The van der Waals surface area contributed by atoms with Crippen LogP contribution in [-0.4, -0.2) is 29.9 Å². The first-order chi connectivity index (χ1) is 12.1. The summed E-state index contributed by atoms with van der Waals surface area (Å²) in [5.74, 6) is -0.825. The summed E-state index contributed by atoms with van der Waals surface area (Å²) in [5, 5.41) is 11.1. The molecule has 0 radical (unpaired) electrons. The van der Waals surface area contributed by atoms with Crippen LogP contribution in [0, 0.1) is 5.21 Å². The number of hydrogen-bond acceptors (Lipinski definition) is 4. The van der Waals surface area contributed by atoms with Gasteiger partial charge in [-0.25, -0.2) is 4.79 Å². The Labute approximate surface area is 146 Å². The number of nitrogens with zero attached hydrogens (tertiary/aromatic N) is 2. The molecule has 1 amide bonds. The first kappa shape index (κ1) is 17.0. The SMILES string of the molecule is O=C(O[C@H](C(=O)N1CCCCC1)c1ccccc1)c1cc[n+]([O-])cc1. The second kappa shape index (κ2) is 7.79. The van der Waals surface area contributed by atoms with Crippen LogP contribution in [-0.2, 0) is 9.53 Å². The maximum Gasteiger partial charge on any atom is 0.339 e. The number of aromatic nitrogens is 1. The molecule has 1 saturated heterocycles. The predicted octanol–water partition coefficient (Wildman–Crippen LogP) is 2.23. The number of likely N-dealkylation sites (tertiary alicyclic amines) is 1. The Hall–Kier alpha value is -2.89. The summed E-state index contributed by atoms with van der Waals surface area (Å²) >= 11 is 0. The standard InChI is InChI=1S/C19H20N2O4/c22-18(20-11-5-2-6-12-20)17(15-7-3-1-4-8-15)25-19(23)16-9-13-21(24)14-10-16/h1,3-4,7-10,13-14,17H,2,5-6,11-12H2/t17-/m0/s1. The van der Waals surface area contributed by atoms with Gasteiger partial charge in [-0.2, -0.15) is 4.73 Å². The third-order valence-electron chi connectivity index (χ3n) is 4.26. The number of pyridine rings is 1. The van der Waals surface area contributed by atoms with E-state index in [1.807, 2.05) is 18.2 Å². The summed E-state index contributed by atoms with van der Waals surface area (Å²) in [6.07, 6.45) is 4.50. The molecule has 0 saturated carbocycles. The number of hydrogen-bond donors (Lipinski definition) is 0. The van der Waals surface area contributed by atoms with Crippen LogP contribution in [0.15, 0.2) is 54.9 Å². The Morgan fingerprint density at radius 3 is 2.28 bits per heavy atom. The van der Waals surface area contributed by atoms with Crippen molar-refractivity contribution in [3.8, 4) is 0 Å². The van der Waals surface area contributed by atoms with Gasteiger partial charge in [-0.15, -0.1) is 0 Å². The van der Waals surface area contributed by atoms with E-state index in [4.69, 9.17) is 4.74 Å². The first-order valence-electron chi connectivity index (χ1n) is 8.39. The molecule has 1 aromatic carbocycles. The topological polar surface area (TPSA) is 73.6 Å². The Morgan fingerprint density at radius 2 is 1.64 bits per heavy atom. The highest BCUT2D eigenvalue weighted by atomic mass is 16.5. The first-order valence-corrected chi connectivity index (χ1v) is 8.39. The van der Waals surface area contributed by atoms with Crippen LogP contribution in [0.3, 0.4) is 0 Å². The molecule has 2 aromatic rings. The van der Waals surface area contributed by atoms with E-state index in [1.54, 1.807) is 17.0 Å². The van der Waals surface area contributed by atoms with Gasteiger partial charge >= 0.3 is 5.97 Å². The Morgan fingerprint density at radius 1 is 1.00 bits per heavy atom. The fraction of sp³-hybridized carbons (Fsp3) is 0.316. The monoisotopic (exact) mass is 340 g/mol. The third kappa shape index (κ3) is 4.15. The smallest absolute Gasteiger partial charge is 0.339 e. The zero-order valence-electron chi connectivity index (χ0n) is 13.8. The van der Waals surface area contributed by atoms with Gasteiger partial charge in [0, 0.05) is 30.8 Å². The fourth-order valence-corrected chi connectivity index (χ4v) is 2.89. The number of benzene rings is 1. The second-order valence-electron chi connectivity index (χ2n) is 6.03. The van der Waals surface area contributed by atoms with E-state index in [9.17, 15) is 14.8 Å². The van der Waals surface area contributed by atoms with Gasteiger partial charge in [0.05, 0.1) is 5.56 Å². The number of ether oxygens (including phenoxy) is 1. The number of rotatable bonds is 4. The highest BCUT2D eigenvalue weighted by Gasteiger charge is 2.30. The van der Waals surface area contributed by atoms with Gasteiger partial charge in [0.25, 0.3) is 5.91 Å². The zero-order chi connectivity index (χ0) is 17.6. The Bertz CT molecular complexity index is 725. The van der Waals surface area contributed by atoms with E-state index in [1.165, 1.54) is 24.5 Å². The van der Waals surface area contributed by atoms with Crippen molar-refractivity contribution in [2.24, 2.45) is 0 Å². The van der Waals surface area contributed by atoms with E-state index in [0.29, 0.717) is 23.4 Å². The molecule has 1 aromatic heterocycles. The molecule has 0 aliphatic carbocycles. The number of carbonyl (C=O) groups excluding carboxylic acids is 2. The number of piperidine rings is 1. The molecule has 1 aliphatic rings. The molecule has 0 N–H and O–H groups in total. The molecule has 6 nitrogen and oxygen atoms in total. The normalized spacial score (nSPS) is 15.4. The summed E-state index contributed by atoms with van der Waals surface area (Å²) in [4.78, 5) is 27.1. The van der Waals surface area contributed by atoms with Crippen molar-refractivity contribution in [2.45, 2.75) is 25.4 Å². The van der Waals surface area contributed by atoms with Gasteiger partial charge < -0.3 is 14.8 Å². The van der Waals surface area contributed by atoms with Gasteiger partial charge in [0.15, 0.2) is 12.4 Å².